The van der Waals surface area contributed by atoms with Crippen LogP contribution in [0.2, 0.25) is 0 Å². The zero-order chi connectivity index (χ0) is 11.5. The van der Waals surface area contributed by atoms with Gasteiger partial charge in [0.15, 0.2) is 0 Å². The monoisotopic (exact) mass is 209 g/mol. The first-order valence-corrected chi connectivity index (χ1v) is 5.55. The minimum Gasteiger partial charge on any atom is -0.319 e. The summed E-state index contributed by atoms with van der Waals surface area (Å²) in [5, 5.41) is 7.48. The second kappa shape index (κ2) is 4.79. The Kier molecular flexibility index (Phi) is 3.91. The largest absolute Gasteiger partial charge is 0.319 e. The molecule has 1 rings (SSSR count). The van der Waals surface area contributed by atoms with E-state index in [-0.39, 0.29) is 0 Å². The zero-order valence-corrected chi connectivity index (χ0v) is 10.5. The minimum atomic E-state index is 0.332. The van der Waals surface area contributed by atoms with E-state index in [0.29, 0.717) is 11.3 Å². The molecule has 0 aliphatic rings. The van der Waals surface area contributed by atoms with Crippen LogP contribution in [0.1, 0.15) is 26.3 Å². The fourth-order valence-electron chi connectivity index (χ4n) is 1.79. The third kappa shape index (κ3) is 3.67. The van der Waals surface area contributed by atoms with Crippen molar-refractivity contribution in [1.82, 2.24) is 15.1 Å². The molecule has 0 amide bonds. The lowest BCUT2D eigenvalue weighted by Gasteiger charge is -2.30. The minimum absolute atomic E-state index is 0.332. The van der Waals surface area contributed by atoms with Crippen LogP contribution in [0.25, 0.3) is 0 Å². The molecule has 0 fully saturated rings. The molecule has 1 atom stereocenters. The molecule has 1 N–H and O–H groups in total. The smallest absolute Gasteiger partial charge is 0.0521 e. The summed E-state index contributed by atoms with van der Waals surface area (Å²) in [6.07, 6.45) is 5.17. The van der Waals surface area contributed by atoms with Crippen molar-refractivity contribution in [3.63, 3.8) is 0 Å². The van der Waals surface area contributed by atoms with E-state index in [1.165, 1.54) is 5.56 Å². The standard InChI is InChI=1S/C12H23N3/c1-12(2,3)11(8-13-4)6-10-7-14-15(5)9-10/h7,9,11,13H,6,8H2,1-5H3. The van der Waals surface area contributed by atoms with Gasteiger partial charge in [-0.1, -0.05) is 20.8 Å². The molecular formula is C12H23N3. The molecule has 3 heteroatoms. The molecule has 0 aromatic carbocycles. The SMILES string of the molecule is CNCC(Cc1cnn(C)c1)C(C)(C)C. The van der Waals surface area contributed by atoms with Crippen LogP contribution >= 0.6 is 0 Å². The Morgan fingerprint density at radius 3 is 2.53 bits per heavy atom. The summed E-state index contributed by atoms with van der Waals surface area (Å²) in [6, 6.07) is 0. The molecule has 0 spiro atoms. The third-order valence-corrected chi connectivity index (χ3v) is 2.92. The fraction of sp³-hybridized carbons (Fsp3) is 0.750. The summed E-state index contributed by atoms with van der Waals surface area (Å²) in [5.41, 5.74) is 1.66. The van der Waals surface area contributed by atoms with Gasteiger partial charge < -0.3 is 5.32 Å². The maximum absolute atomic E-state index is 4.21. The fourth-order valence-corrected chi connectivity index (χ4v) is 1.79. The summed E-state index contributed by atoms with van der Waals surface area (Å²) in [5.74, 6) is 0.645. The molecule has 0 radical (unpaired) electrons. The van der Waals surface area contributed by atoms with Crippen LogP contribution < -0.4 is 5.32 Å². The Morgan fingerprint density at radius 1 is 1.47 bits per heavy atom. The van der Waals surface area contributed by atoms with Crippen molar-refractivity contribution >= 4 is 0 Å². The predicted molar refractivity (Wildman–Crippen MR) is 63.8 cm³/mol. The van der Waals surface area contributed by atoms with E-state index in [1.807, 2.05) is 25.0 Å². The Balaban J connectivity index is 2.66. The van der Waals surface area contributed by atoms with Gasteiger partial charge in [0.25, 0.3) is 0 Å². The molecule has 0 saturated carbocycles. The van der Waals surface area contributed by atoms with Crippen molar-refractivity contribution in [2.24, 2.45) is 18.4 Å². The van der Waals surface area contributed by atoms with Crippen molar-refractivity contribution in [2.75, 3.05) is 13.6 Å². The van der Waals surface area contributed by atoms with E-state index in [9.17, 15) is 0 Å². The third-order valence-electron chi connectivity index (χ3n) is 2.92. The number of nitrogens with zero attached hydrogens (tertiary/aromatic N) is 2. The second-order valence-electron chi connectivity index (χ2n) is 5.35. The summed E-state index contributed by atoms with van der Waals surface area (Å²) in [6.45, 7) is 7.94. The second-order valence-corrected chi connectivity index (χ2v) is 5.35. The average molecular weight is 209 g/mol. The van der Waals surface area contributed by atoms with Crippen LogP contribution in [0.5, 0.6) is 0 Å². The summed E-state index contributed by atoms with van der Waals surface area (Å²) in [7, 11) is 3.98. The first-order valence-electron chi connectivity index (χ1n) is 5.55. The van der Waals surface area contributed by atoms with Crippen LogP contribution in [0.4, 0.5) is 0 Å². The highest BCUT2D eigenvalue weighted by Gasteiger charge is 2.24. The number of rotatable bonds is 4. The van der Waals surface area contributed by atoms with Crippen molar-refractivity contribution in [3.05, 3.63) is 18.0 Å². The van der Waals surface area contributed by atoms with Gasteiger partial charge in [-0.15, -0.1) is 0 Å². The van der Waals surface area contributed by atoms with Gasteiger partial charge in [0.1, 0.15) is 0 Å². The molecule has 1 heterocycles. The quantitative estimate of drug-likeness (QED) is 0.820. The first kappa shape index (κ1) is 12.2. The highest BCUT2D eigenvalue weighted by Crippen LogP contribution is 2.28. The Bertz CT molecular complexity index is 296. The number of aromatic nitrogens is 2. The van der Waals surface area contributed by atoms with Gasteiger partial charge in [0.2, 0.25) is 0 Å². The summed E-state index contributed by atoms with van der Waals surface area (Å²) >= 11 is 0. The maximum atomic E-state index is 4.21. The highest BCUT2D eigenvalue weighted by molar-refractivity contribution is 5.06. The average Bonchev–Trinajstić information content (AvgIpc) is 2.49. The molecule has 0 aliphatic carbocycles. The number of nitrogens with one attached hydrogen (secondary N) is 1. The lowest BCUT2D eigenvalue weighted by molar-refractivity contribution is 0.235. The number of hydrogen-bond donors (Lipinski definition) is 1. The van der Waals surface area contributed by atoms with Crippen molar-refractivity contribution in [2.45, 2.75) is 27.2 Å². The zero-order valence-electron chi connectivity index (χ0n) is 10.5. The van der Waals surface area contributed by atoms with Crippen molar-refractivity contribution in [3.8, 4) is 0 Å². The van der Waals surface area contributed by atoms with Crippen molar-refractivity contribution < 1.29 is 0 Å². The molecule has 15 heavy (non-hydrogen) atoms. The van der Waals surface area contributed by atoms with E-state index >= 15 is 0 Å². The molecule has 1 aromatic rings. The Labute approximate surface area is 92.9 Å². The van der Waals surface area contributed by atoms with E-state index < -0.39 is 0 Å². The van der Waals surface area contributed by atoms with E-state index in [1.54, 1.807) is 0 Å². The van der Waals surface area contributed by atoms with Crippen molar-refractivity contribution in [1.29, 1.82) is 0 Å². The van der Waals surface area contributed by atoms with Gasteiger partial charge in [-0.2, -0.15) is 5.10 Å². The van der Waals surface area contributed by atoms with Crippen LogP contribution in [0, 0.1) is 11.3 Å². The molecular weight excluding hydrogens is 186 g/mol. The van der Waals surface area contributed by atoms with Gasteiger partial charge in [-0.25, -0.2) is 0 Å². The van der Waals surface area contributed by atoms with Gasteiger partial charge in [-0.3, -0.25) is 4.68 Å². The van der Waals surface area contributed by atoms with Crippen LogP contribution in [0.15, 0.2) is 12.4 Å². The Hall–Kier alpha value is -0.830. The van der Waals surface area contributed by atoms with Gasteiger partial charge in [0, 0.05) is 13.2 Å². The Morgan fingerprint density at radius 2 is 2.13 bits per heavy atom. The van der Waals surface area contributed by atoms with E-state index in [4.69, 9.17) is 0 Å². The first-order chi connectivity index (χ1) is 6.93. The molecule has 3 nitrogen and oxygen atoms in total. The molecule has 86 valence electrons. The van der Waals surface area contributed by atoms with Crippen LogP contribution in [-0.4, -0.2) is 23.4 Å². The molecule has 0 bridgehead atoms. The van der Waals surface area contributed by atoms with E-state index in [0.717, 1.165) is 13.0 Å². The van der Waals surface area contributed by atoms with E-state index in [2.05, 4.69) is 37.4 Å². The number of hydrogen-bond acceptors (Lipinski definition) is 2. The normalized spacial score (nSPS) is 14.2. The summed E-state index contributed by atoms with van der Waals surface area (Å²) < 4.78 is 1.87. The molecule has 0 aliphatic heterocycles. The number of aryl methyl sites for hydroxylation is 1. The van der Waals surface area contributed by atoms with Gasteiger partial charge >= 0.3 is 0 Å². The summed E-state index contributed by atoms with van der Waals surface area (Å²) in [4.78, 5) is 0. The van der Waals surface area contributed by atoms with Gasteiger partial charge in [0.05, 0.1) is 6.20 Å². The maximum Gasteiger partial charge on any atom is 0.0521 e. The van der Waals surface area contributed by atoms with Crippen LogP contribution in [-0.2, 0) is 13.5 Å². The van der Waals surface area contributed by atoms with Gasteiger partial charge in [-0.05, 0) is 36.9 Å². The lowest BCUT2D eigenvalue weighted by Crippen LogP contribution is -2.31. The molecule has 1 unspecified atom stereocenters. The lowest BCUT2D eigenvalue weighted by atomic mass is 9.77. The molecule has 0 saturated heterocycles. The highest BCUT2D eigenvalue weighted by atomic mass is 15.2. The molecule has 1 aromatic heterocycles. The topological polar surface area (TPSA) is 29.9 Å². The predicted octanol–water partition coefficient (Wildman–Crippen LogP) is 1.84. The van der Waals surface area contributed by atoms with Crippen LogP contribution in [0.3, 0.4) is 0 Å².